The fourth-order valence-corrected chi connectivity index (χ4v) is 12.9. The molecule has 0 radical (unpaired) electrons. The number of halogens is 2. The van der Waals surface area contributed by atoms with Gasteiger partial charge in [-0.15, -0.1) is 22.7 Å². The lowest BCUT2D eigenvalue weighted by molar-refractivity contribution is 0.396. The van der Waals surface area contributed by atoms with Crippen LogP contribution in [0.4, 0.5) is 0 Å². The summed E-state index contributed by atoms with van der Waals surface area (Å²) in [5.41, 5.74) is 7.22. The van der Waals surface area contributed by atoms with Crippen LogP contribution >= 0.6 is 54.5 Å². The Bertz CT molecular complexity index is 1040. The average molecular weight is 841 g/mol. The molecule has 3 rings (SSSR count). The molecule has 0 amide bonds. The van der Waals surface area contributed by atoms with E-state index in [4.69, 9.17) is 0 Å². The van der Waals surface area contributed by atoms with Gasteiger partial charge in [-0.1, -0.05) is 195 Å². The van der Waals surface area contributed by atoms with Crippen LogP contribution in [0.1, 0.15) is 243 Å². The Balaban J connectivity index is 1.76. The van der Waals surface area contributed by atoms with Crippen LogP contribution in [0.15, 0.2) is 7.57 Å². The van der Waals surface area contributed by atoms with Crippen molar-refractivity contribution in [2.45, 2.75) is 239 Å². The second-order valence-electron chi connectivity index (χ2n) is 15.7. The summed E-state index contributed by atoms with van der Waals surface area (Å²) >= 11 is 12.5. The highest BCUT2D eigenvalue weighted by molar-refractivity contribution is 9.11. The molecule has 49 heavy (non-hydrogen) atoms. The number of hydrogen-bond acceptors (Lipinski definition) is 2. The van der Waals surface area contributed by atoms with E-state index in [1.54, 1.807) is 32.0 Å². The first kappa shape index (κ1) is 43.8. The molecule has 0 fully saturated rings. The summed E-state index contributed by atoms with van der Waals surface area (Å²) in [6.07, 6.45) is 44.4. The molecule has 0 nitrogen and oxygen atoms in total. The molecule has 0 aliphatic heterocycles. The maximum absolute atomic E-state index is 4.18. The highest BCUT2D eigenvalue weighted by atomic mass is 79.9. The zero-order valence-corrected chi connectivity index (χ0v) is 37.5. The maximum atomic E-state index is 4.18. The Hall–Kier alpha value is 0.360. The first-order chi connectivity index (χ1) is 24.1. The number of thiophene rings is 2. The smallest absolute Gasteiger partial charge is 0.0740 e. The van der Waals surface area contributed by atoms with Gasteiger partial charge in [-0.2, -0.15) is 0 Å². The SMILES string of the molecule is CCCCCCCCCCCCc1c(Br)sc2c1C(CCCCCC)(CCCCCC)c1c-2sc(Br)c1CCCCCCCCCCCC. The van der Waals surface area contributed by atoms with E-state index < -0.39 is 0 Å². The quantitative estimate of drug-likeness (QED) is 0.0644. The Morgan fingerprint density at radius 1 is 0.367 bits per heavy atom. The van der Waals surface area contributed by atoms with Gasteiger partial charge in [-0.3, -0.25) is 0 Å². The normalized spacial score (nSPS) is 13.4. The Labute approximate surface area is 330 Å². The van der Waals surface area contributed by atoms with Gasteiger partial charge >= 0.3 is 0 Å². The van der Waals surface area contributed by atoms with E-state index in [0.717, 1.165) is 0 Å². The molecular weight excluding hydrogens is 764 g/mol. The summed E-state index contributed by atoms with van der Waals surface area (Å²) < 4.78 is 2.90. The van der Waals surface area contributed by atoms with Crippen LogP contribution in [-0.2, 0) is 18.3 Å². The van der Waals surface area contributed by atoms with E-state index in [-0.39, 0.29) is 5.41 Å². The van der Waals surface area contributed by atoms with E-state index in [9.17, 15) is 0 Å². The predicted octanol–water partition coefficient (Wildman–Crippen LogP) is 18.5. The predicted molar refractivity (Wildman–Crippen MR) is 232 cm³/mol. The van der Waals surface area contributed by atoms with Gasteiger partial charge in [0.05, 0.1) is 17.3 Å². The van der Waals surface area contributed by atoms with Crippen molar-refractivity contribution in [3.05, 3.63) is 29.8 Å². The van der Waals surface area contributed by atoms with Crippen molar-refractivity contribution >= 4 is 54.5 Å². The van der Waals surface area contributed by atoms with Crippen LogP contribution < -0.4 is 0 Å². The van der Waals surface area contributed by atoms with Gasteiger partial charge in [0, 0.05) is 5.41 Å². The van der Waals surface area contributed by atoms with Crippen LogP contribution in [-0.4, -0.2) is 0 Å². The van der Waals surface area contributed by atoms with Crippen LogP contribution in [0.2, 0.25) is 0 Å². The molecule has 2 aromatic heterocycles. The monoisotopic (exact) mass is 838 g/mol. The van der Waals surface area contributed by atoms with E-state index in [1.165, 1.54) is 213 Å². The maximum Gasteiger partial charge on any atom is 0.0740 e. The van der Waals surface area contributed by atoms with E-state index in [0.29, 0.717) is 0 Å². The molecule has 0 atom stereocenters. The molecule has 282 valence electrons. The minimum atomic E-state index is 0.221. The van der Waals surface area contributed by atoms with Crippen molar-refractivity contribution in [1.82, 2.24) is 0 Å². The van der Waals surface area contributed by atoms with Crippen molar-refractivity contribution in [2.24, 2.45) is 0 Å². The molecule has 1 aliphatic carbocycles. The molecule has 1 aliphatic rings. The largest absolute Gasteiger partial charge is 0.127 e. The zero-order valence-electron chi connectivity index (χ0n) is 32.7. The number of fused-ring (bicyclic) bond motifs is 3. The Morgan fingerprint density at radius 2 is 0.633 bits per heavy atom. The summed E-state index contributed by atoms with van der Waals surface area (Å²) in [7, 11) is 0. The molecule has 0 unspecified atom stereocenters. The lowest BCUT2D eigenvalue weighted by Gasteiger charge is -2.34. The van der Waals surface area contributed by atoms with Gasteiger partial charge in [0.1, 0.15) is 0 Å². The summed E-state index contributed by atoms with van der Waals surface area (Å²) in [4.78, 5) is 3.30. The number of rotatable bonds is 32. The first-order valence-corrected chi connectivity index (χ1v) is 24.9. The molecule has 0 saturated carbocycles. The van der Waals surface area contributed by atoms with Crippen molar-refractivity contribution in [3.63, 3.8) is 0 Å². The summed E-state index contributed by atoms with van der Waals surface area (Å²) in [5, 5.41) is 0. The van der Waals surface area contributed by atoms with Crippen molar-refractivity contribution in [2.75, 3.05) is 0 Å². The fraction of sp³-hybridized carbons (Fsp3) is 0.822. The third-order valence-corrected chi connectivity index (χ3v) is 15.7. The minimum absolute atomic E-state index is 0.221. The molecule has 0 N–H and O–H groups in total. The third kappa shape index (κ3) is 13.9. The van der Waals surface area contributed by atoms with Crippen LogP contribution in [0.5, 0.6) is 0 Å². The molecule has 2 heterocycles. The average Bonchev–Trinajstić information content (AvgIpc) is 3.69. The number of hydrogen-bond donors (Lipinski definition) is 0. The second kappa shape index (κ2) is 26.2. The first-order valence-electron chi connectivity index (χ1n) is 21.7. The topological polar surface area (TPSA) is 0 Å². The van der Waals surface area contributed by atoms with Gasteiger partial charge in [0.25, 0.3) is 0 Å². The Kier molecular flexibility index (Phi) is 23.4. The third-order valence-electron chi connectivity index (χ3n) is 11.6. The van der Waals surface area contributed by atoms with Crippen molar-refractivity contribution in [1.29, 1.82) is 0 Å². The molecule has 0 aromatic carbocycles. The van der Waals surface area contributed by atoms with Crippen LogP contribution in [0.25, 0.3) is 9.75 Å². The van der Waals surface area contributed by atoms with Gasteiger partial charge in [-0.05, 0) is 92.6 Å². The lowest BCUT2D eigenvalue weighted by atomic mass is 9.68. The fourth-order valence-electron chi connectivity index (χ4n) is 8.69. The highest BCUT2D eigenvalue weighted by Crippen LogP contribution is 2.64. The van der Waals surface area contributed by atoms with Gasteiger partial charge < -0.3 is 0 Å². The van der Waals surface area contributed by atoms with Gasteiger partial charge in [-0.25, -0.2) is 0 Å². The second-order valence-corrected chi connectivity index (χ2v) is 20.4. The summed E-state index contributed by atoms with van der Waals surface area (Å²) in [5.74, 6) is 0. The number of unbranched alkanes of at least 4 members (excludes halogenated alkanes) is 24. The van der Waals surface area contributed by atoms with Gasteiger partial charge in [0.15, 0.2) is 0 Å². The summed E-state index contributed by atoms with van der Waals surface area (Å²) in [6.45, 7) is 9.38. The molecule has 2 aromatic rings. The minimum Gasteiger partial charge on any atom is -0.127 e. The van der Waals surface area contributed by atoms with E-state index in [2.05, 4.69) is 82.2 Å². The standard InChI is InChI=1S/C45H76Br2S2/c1-5-9-13-17-19-21-23-25-27-29-33-37-39-41(48-43(37)46)42-40(45(39,35-31-15-11-7-3)36-32-16-12-8-4)38(44(47)49-42)34-30-28-26-24-22-20-18-14-10-6-2/h5-36H2,1-4H3. The molecule has 0 bridgehead atoms. The zero-order chi connectivity index (χ0) is 35.2. The molecule has 0 saturated heterocycles. The molecule has 4 heteroatoms. The van der Waals surface area contributed by atoms with Crippen molar-refractivity contribution < 1.29 is 0 Å². The Morgan fingerprint density at radius 3 is 0.939 bits per heavy atom. The lowest BCUT2D eigenvalue weighted by Crippen LogP contribution is -2.27. The van der Waals surface area contributed by atoms with Crippen molar-refractivity contribution in [3.8, 4) is 9.75 Å². The van der Waals surface area contributed by atoms with Gasteiger partial charge in [0.2, 0.25) is 0 Å². The molecular formula is C45H76Br2S2. The van der Waals surface area contributed by atoms with Crippen LogP contribution in [0.3, 0.4) is 0 Å². The van der Waals surface area contributed by atoms with Crippen LogP contribution in [0, 0.1) is 0 Å². The highest BCUT2D eigenvalue weighted by Gasteiger charge is 2.48. The summed E-state index contributed by atoms with van der Waals surface area (Å²) in [6, 6.07) is 0. The van der Waals surface area contributed by atoms with E-state index in [1.807, 2.05) is 0 Å². The van der Waals surface area contributed by atoms with E-state index >= 15 is 0 Å². The molecule has 0 spiro atoms.